The molecule has 0 amide bonds. The van der Waals surface area contributed by atoms with Crippen molar-refractivity contribution < 1.29 is 14.6 Å². The van der Waals surface area contributed by atoms with E-state index in [0.717, 1.165) is 11.0 Å². The fourth-order valence-corrected chi connectivity index (χ4v) is 2.53. The van der Waals surface area contributed by atoms with E-state index in [2.05, 4.69) is 4.98 Å². The molecule has 1 N–H and O–H groups in total. The van der Waals surface area contributed by atoms with E-state index >= 15 is 0 Å². The molecule has 104 valence electrons. The summed E-state index contributed by atoms with van der Waals surface area (Å²) in [6.45, 7) is 0.353. The van der Waals surface area contributed by atoms with Crippen molar-refractivity contribution in [2.24, 2.45) is 0 Å². The maximum atomic E-state index is 12.0. The number of hydrogen-bond acceptors (Lipinski definition) is 4. The maximum Gasteiger partial charge on any atom is 0.332 e. The molecule has 0 spiro atoms. The zero-order valence-electron chi connectivity index (χ0n) is 10.7. The van der Waals surface area contributed by atoms with Crippen molar-refractivity contribution in [3.8, 4) is 0 Å². The third-order valence-corrected chi connectivity index (χ3v) is 3.52. The minimum Gasteiger partial charge on any atom is -0.479 e. The number of rotatable bonds is 3. The third kappa shape index (κ3) is 2.30. The average Bonchev–Trinajstić information content (AvgIpc) is 2.91. The lowest BCUT2D eigenvalue weighted by Crippen LogP contribution is -2.28. The number of fused-ring (bicyclic) bond motifs is 1. The number of carboxylic acid groups (broad SMARTS) is 1. The molecule has 0 aliphatic carbocycles. The highest BCUT2D eigenvalue weighted by Crippen LogP contribution is 2.21. The number of aliphatic carboxylic acids is 1. The van der Waals surface area contributed by atoms with Crippen molar-refractivity contribution in [1.29, 1.82) is 0 Å². The first-order valence-corrected chi connectivity index (χ1v) is 6.48. The number of nitrogens with zero attached hydrogens (tertiary/aromatic N) is 2. The number of carbonyl (C=O) groups is 1. The molecule has 1 aliphatic heterocycles. The first-order valence-electron chi connectivity index (χ1n) is 6.48. The maximum absolute atomic E-state index is 12.0. The number of hydrogen-bond donors (Lipinski definition) is 1. The van der Waals surface area contributed by atoms with Gasteiger partial charge in [-0.05, 0) is 25.0 Å². The lowest BCUT2D eigenvalue weighted by Gasteiger charge is -2.14. The van der Waals surface area contributed by atoms with E-state index in [-0.39, 0.29) is 11.7 Å². The van der Waals surface area contributed by atoms with Crippen molar-refractivity contribution in [3.05, 3.63) is 40.8 Å². The molecule has 1 saturated heterocycles. The van der Waals surface area contributed by atoms with Crippen molar-refractivity contribution in [2.75, 3.05) is 0 Å². The zero-order chi connectivity index (χ0) is 14.1. The van der Waals surface area contributed by atoms with Crippen LogP contribution >= 0.6 is 0 Å². The first-order chi connectivity index (χ1) is 9.65. The molecule has 1 aromatic carbocycles. The van der Waals surface area contributed by atoms with E-state index in [1.165, 1.54) is 6.20 Å². The molecule has 2 atom stereocenters. The van der Waals surface area contributed by atoms with Crippen LogP contribution in [0, 0.1) is 0 Å². The summed E-state index contributed by atoms with van der Waals surface area (Å²) in [5.41, 5.74) is 1.27. The highest BCUT2D eigenvalue weighted by molar-refractivity contribution is 5.74. The lowest BCUT2D eigenvalue weighted by atomic mass is 10.2. The fraction of sp³-hybridized carbons (Fsp3) is 0.357. The van der Waals surface area contributed by atoms with Gasteiger partial charge in [0, 0.05) is 0 Å². The minimum atomic E-state index is -0.945. The van der Waals surface area contributed by atoms with Crippen molar-refractivity contribution in [3.63, 3.8) is 0 Å². The molecule has 20 heavy (non-hydrogen) atoms. The normalized spacial score (nSPS) is 22.2. The molecule has 2 unspecified atom stereocenters. The minimum absolute atomic E-state index is 0.203. The number of para-hydroxylation sites is 2. The predicted molar refractivity (Wildman–Crippen MR) is 71.5 cm³/mol. The van der Waals surface area contributed by atoms with Gasteiger partial charge in [0.1, 0.15) is 0 Å². The number of aromatic nitrogens is 2. The molecule has 6 nitrogen and oxygen atoms in total. The second kappa shape index (κ2) is 5.05. The Hall–Kier alpha value is -2.21. The standard InChI is InChI=1S/C14H14N2O4/c17-13-7-15-10-3-1-2-4-11(10)16(13)8-9-5-6-12(20-9)14(18)19/h1-4,7,9,12H,5-6,8H2,(H,18,19). The van der Waals surface area contributed by atoms with E-state index in [0.29, 0.717) is 19.4 Å². The van der Waals surface area contributed by atoms with Gasteiger partial charge in [0.25, 0.3) is 5.56 Å². The lowest BCUT2D eigenvalue weighted by molar-refractivity contribution is -0.149. The molecule has 0 radical (unpaired) electrons. The van der Waals surface area contributed by atoms with Crippen molar-refractivity contribution in [2.45, 2.75) is 31.6 Å². The summed E-state index contributed by atoms with van der Waals surface area (Å²) in [5, 5.41) is 8.92. The summed E-state index contributed by atoms with van der Waals surface area (Å²) >= 11 is 0. The van der Waals surface area contributed by atoms with E-state index in [1.54, 1.807) is 4.57 Å². The Kier molecular flexibility index (Phi) is 3.23. The third-order valence-electron chi connectivity index (χ3n) is 3.52. The van der Waals surface area contributed by atoms with Crippen LogP contribution in [0.1, 0.15) is 12.8 Å². The van der Waals surface area contributed by atoms with Crippen molar-refractivity contribution >= 4 is 17.0 Å². The molecule has 2 heterocycles. The molecule has 2 aromatic rings. The molecule has 6 heteroatoms. The van der Waals surface area contributed by atoms with Gasteiger partial charge in [-0.2, -0.15) is 0 Å². The van der Waals surface area contributed by atoms with Gasteiger partial charge in [0.05, 0.1) is 29.9 Å². The predicted octanol–water partition coefficient (Wildman–Crippen LogP) is 1.03. The Morgan fingerprint density at radius 1 is 1.40 bits per heavy atom. The van der Waals surface area contributed by atoms with Gasteiger partial charge in [-0.15, -0.1) is 0 Å². The summed E-state index contributed by atoms with van der Waals surface area (Å²) in [6.07, 6.45) is 1.40. The van der Waals surface area contributed by atoms with Crippen LogP contribution in [0.5, 0.6) is 0 Å². The second-order valence-corrected chi connectivity index (χ2v) is 4.86. The second-order valence-electron chi connectivity index (χ2n) is 4.86. The van der Waals surface area contributed by atoms with Gasteiger partial charge in [-0.1, -0.05) is 12.1 Å². The summed E-state index contributed by atoms with van der Waals surface area (Å²) < 4.78 is 7.05. The van der Waals surface area contributed by atoms with Crippen LogP contribution in [0.3, 0.4) is 0 Å². The molecule has 0 saturated carbocycles. The van der Waals surface area contributed by atoms with Crippen LogP contribution in [0.2, 0.25) is 0 Å². The molecule has 1 aromatic heterocycles. The van der Waals surface area contributed by atoms with Gasteiger partial charge in [-0.3, -0.25) is 4.79 Å². The van der Waals surface area contributed by atoms with E-state index < -0.39 is 12.1 Å². The van der Waals surface area contributed by atoms with Gasteiger partial charge >= 0.3 is 5.97 Å². The molecular weight excluding hydrogens is 260 g/mol. The van der Waals surface area contributed by atoms with E-state index in [4.69, 9.17) is 9.84 Å². The average molecular weight is 274 g/mol. The van der Waals surface area contributed by atoms with Crippen molar-refractivity contribution in [1.82, 2.24) is 9.55 Å². The Balaban J connectivity index is 1.90. The molecule has 1 fully saturated rings. The Bertz CT molecular complexity index is 710. The summed E-state index contributed by atoms with van der Waals surface area (Å²) in [5.74, 6) is -0.945. The van der Waals surface area contributed by atoms with Crippen LogP contribution < -0.4 is 5.56 Å². The van der Waals surface area contributed by atoms with Crippen LogP contribution in [0.4, 0.5) is 0 Å². The monoisotopic (exact) mass is 274 g/mol. The van der Waals surface area contributed by atoms with Gasteiger partial charge in [0.2, 0.25) is 0 Å². The molecular formula is C14H14N2O4. The fourth-order valence-electron chi connectivity index (χ4n) is 2.53. The molecule has 0 bridgehead atoms. The van der Waals surface area contributed by atoms with Gasteiger partial charge in [0.15, 0.2) is 6.10 Å². The SMILES string of the molecule is O=C(O)C1CCC(Cn2c(=O)cnc3ccccc32)O1. The largest absolute Gasteiger partial charge is 0.479 e. The molecule has 1 aliphatic rings. The summed E-state index contributed by atoms with van der Waals surface area (Å²) in [4.78, 5) is 26.9. The Morgan fingerprint density at radius 2 is 2.20 bits per heavy atom. The zero-order valence-corrected chi connectivity index (χ0v) is 10.7. The quantitative estimate of drug-likeness (QED) is 0.904. The van der Waals surface area contributed by atoms with E-state index in [9.17, 15) is 9.59 Å². The Labute approximate surface area is 114 Å². The van der Waals surface area contributed by atoms with E-state index in [1.807, 2.05) is 24.3 Å². The van der Waals surface area contributed by atoms with Gasteiger partial charge in [-0.25, -0.2) is 9.78 Å². The number of benzene rings is 1. The molecule has 3 rings (SSSR count). The number of ether oxygens (including phenoxy) is 1. The summed E-state index contributed by atoms with van der Waals surface area (Å²) in [6, 6.07) is 7.36. The van der Waals surface area contributed by atoms with Crippen LogP contribution in [-0.4, -0.2) is 32.8 Å². The van der Waals surface area contributed by atoms with Crippen LogP contribution in [0.25, 0.3) is 11.0 Å². The first kappa shape index (κ1) is 12.8. The Morgan fingerprint density at radius 3 is 2.95 bits per heavy atom. The smallest absolute Gasteiger partial charge is 0.332 e. The van der Waals surface area contributed by atoms with Crippen LogP contribution in [-0.2, 0) is 16.1 Å². The highest BCUT2D eigenvalue weighted by Gasteiger charge is 2.30. The summed E-state index contributed by atoms with van der Waals surface area (Å²) in [7, 11) is 0. The van der Waals surface area contributed by atoms with Crippen LogP contribution in [0.15, 0.2) is 35.3 Å². The topological polar surface area (TPSA) is 81.4 Å². The van der Waals surface area contributed by atoms with Gasteiger partial charge < -0.3 is 14.4 Å². The highest BCUT2D eigenvalue weighted by atomic mass is 16.5. The number of carboxylic acids is 1.